The van der Waals surface area contributed by atoms with E-state index in [2.05, 4.69) is 15.5 Å². The van der Waals surface area contributed by atoms with Crippen LogP contribution in [0.5, 0.6) is 0 Å². The lowest BCUT2D eigenvalue weighted by Gasteiger charge is -2.10. The first-order valence-electron chi connectivity index (χ1n) is 5.95. The van der Waals surface area contributed by atoms with Gasteiger partial charge in [0, 0.05) is 12.8 Å². The lowest BCUT2D eigenvalue weighted by atomic mass is 10.1. The predicted octanol–water partition coefficient (Wildman–Crippen LogP) is 1.18. The van der Waals surface area contributed by atoms with Gasteiger partial charge < -0.3 is 10.4 Å². The number of nitrogens with zero attached hydrogens (tertiary/aromatic N) is 2. The Morgan fingerprint density at radius 1 is 1.42 bits per heavy atom. The number of carboxylic acids is 1. The second-order valence-corrected chi connectivity index (χ2v) is 5.69. The maximum Gasteiger partial charge on any atom is 0.303 e. The van der Waals surface area contributed by atoms with E-state index in [1.807, 2.05) is 0 Å². The van der Waals surface area contributed by atoms with Crippen LogP contribution >= 0.6 is 11.8 Å². The number of rotatable bonds is 6. The van der Waals surface area contributed by atoms with E-state index >= 15 is 0 Å². The number of hydrogen-bond donors (Lipinski definition) is 2. The Bertz CT molecular complexity index is 485. The number of aromatic nitrogens is 2. The Hall–Kier alpha value is -1.63. The monoisotopic (exact) mass is 281 g/mol. The standard InChI is InChI=1S/C12H15N3O3S/c1-13-11(18)8-2-3-9(15-14-8)19-7-12(4-5-12)6-10(16)17/h2-3H,4-7H2,1H3,(H,13,18)(H,16,17). The Morgan fingerprint density at radius 2 is 2.16 bits per heavy atom. The smallest absolute Gasteiger partial charge is 0.303 e. The summed E-state index contributed by atoms with van der Waals surface area (Å²) in [6.45, 7) is 0. The fourth-order valence-electron chi connectivity index (χ4n) is 1.74. The summed E-state index contributed by atoms with van der Waals surface area (Å²) in [5, 5.41) is 19.8. The average molecular weight is 281 g/mol. The molecule has 1 heterocycles. The predicted molar refractivity (Wildman–Crippen MR) is 70.1 cm³/mol. The summed E-state index contributed by atoms with van der Waals surface area (Å²) in [5.41, 5.74) is 0.205. The molecule has 0 radical (unpaired) electrons. The molecule has 0 unspecified atom stereocenters. The van der Waals surface area contributed by atoms with E-state index < -0.39 is 5.97 Å². The zero-order valence-electron chi connectivity index (χ0n) is 10.5. The van der Waals surface area contributed by atoms with Crippen molar-refractivity contribution in [2.75, 3.05) is 12.8 Å². The fourth-order valence-corrected chi connectivity index (χ4v) is 2.85. The van der Waals surface area contributed by atoms with Gasteiger partial charge in [-0.1, -0.05) is 0 Å². The highest BCUT2D eigenvalue weighted by Crippen LogP contribution is 2.51. The van der Waals surface area contributed by atoms with Crippen molar-refractivity contribution in [1.29, 1.82) is 0 Å². The fraction of sp³-hybridized carbons (Fsp3) is 0.500. The molecule has 1 fully saturated rings. The number of aliphatic carboxylic acids is 1. The van der Waals surface area contributed by atoms with E-state index in [9.17, 15) is 9.59 Å². The van der Waals surface area contributed by atoms with Crippen molar-refractivity contribution in [2.45, 2.75) is 24.3 Å². The van der Waals surface area contributed by atoms with Gasteiger partial charge in [0.25, 0.3) is 5.91 Å². The molecule has 19 heavy (non-hydrogen) atoms. The van der Waals surface area contributed by atoms with Gasteiger partial charge in [0.15, 0.2) is 5.69 Å². The molecule has 1 aromatic heterocycles. The minimum atomic E-state index is -0.751. The quantitative estimate of drug-likeness (QED) is 0.761. The average Bonchev–Trinajstić information content (AvgIpc) is 3.15. The molecule has 0 saturated heterocycles. The van der Waals surface area contributed by atoms with E-state index in [1.165, 1.54) is 18.8 Å². The molecule has 0 aromatic carbocycles. The summed E-state index contributed by atoms with van der Waals surface area (Å²) in [6.07, 6.45) is 2.12. The van der Waals surface area contributed by atoms with Gasteiger partial charge >= 0.3 is 5.97 Å². The second-order valence-electron chi connectivity index (χ2n) is 4.70. The van der Waals surface area contributed by atoms with Gasteiger partial charge in [-0.25, -0.2) is 0 Å². The molecule has 1 aliphatic carbocycles. The third-order valence-corrected chi connectivity index (χ3v) is 4.38. The summed E-state index contributed by atoms with van der Waals surface area (Å²) in [4.78, 5) is 22.0. The van der Waals surface area contributed by atoms with Crippen LogP contribution in [0.4, 0.5) is 0 Å². The number of carbonyl (C=O) groups is 2. The lowest BCUT2D eigenvalue weighted by molar-refractivity contribution is -0.138. The molecule has 2 N–H and O–H groups in total. The number of amides is 1. The van der Waals surface area contributed by atoms with Crippen LogP contribution in [-0.2, 0) is 4.79 Å². The SMILES string of the molecule is CNC(=O)c1ccc(SCC2(CC(=O)O)CC2)nn1. The molecule has 1 aromatic rings. The van der Waals surface area contributed by atoms with Crippen LogP contribution in [0.2, 0.25) is 0 Å². The Kier molecular flexibility index (Phi) is 4.04. The number of thioether (sulfide) groups is 1. The molecule has 0 spiro atoms. The van der Waals surface area contributed by atoms with Gasteiger partial charge in [0.05, 0.1) is 6.42 Å². The minimum absolute atomic E-state index is 0.0718. The molecular formula is C12H15N3O3S. The summed E-state index contributed by atoms with van der Waals surface area (Å²) < 4.78 is 0. The van der Waals surface area contributed by atoms with Crippen LogP contribution in [0.15, 0.2) is 17.2 Å². The second kappa shape index (κ2) is 5.56. The van der Waals surface area contributed by atoms with Crippen molar-refractivity contribution in [2.24, 2.45) is 5.41 Å². The highest BCUT2D eigenvalue weighted by molar-refractivity contribution is 7.99. The maximum atomic E-state index is 11.3. The number of hydrogen-bond acceptors (Lipinski definition) is 5. The van der Waals surface area contributed by atoms with Crippen molar-refractivity contribution < 1.29 is 14.7 Å². The molecule has 102 valence electrons. The molecule has 6 nitrogen and oxygen atoms in total. The van der Waals surface area contributed by atoms with E-state index in [1.54, 1.807) is 12.1 Å². The summed E-state index contributed by atoms with van der Waals surface area (Å²) >= 11 is 1.49. The zero-order valence-corrected chi connectivity index (χ0v) is 11.4. The normalized spacial score (nSPS) is 15.8. The van der Waals surface area contributed by atoms with Crippen molar-refractivity contribution in [3.8, 4) is 0 Å². The van der Waals surface area contributed by atoms with Gasteiger partial charge in [-0.3, -0.25) is 9.59 Å². The molecule has 2 rings (SSSR count). The highest BCUT2D eigenvalue weighted by atomic mass is 32.2. The summed E-state index contributed by atoms with van der Waals surface area (Å²) in [6, 6.07) is 3.35. The molecular weight excluding hydrogens is 266 g/mol. The number of carbonyl (C=O) groups excluding carboxylic acids is 1. The third-order valence-electron chi connectivity index (χ3n) is 3.11. The molecule has 1 aliphatic rings. The molecule has 1 amide bonds. The van der Waals surface area contributed by atoms with Crippen molar-refractivity contribution in [3.63, 3.8) is 0 Å². The largest absolute Gasteiger partial charge is 0.481 e. The zero-order chi connectivity index (χ0) is 13.9. The van der Waals surface area contributed by atoms with Crippen LogP contribution in [0.25, 0.3) is 0 Å². The summed E-state index contributed by atoms with van der Waals surface area (Å²) in [7, 11) is 1.54. The van der Waals surface area contributed by atoms with Gasteiger partial charge in [0.2, 0.25) is 0 Å². The van der Waals surface area contributed by atoms with Gasteiger partial charge in [-0.2, -0.15) is 0 Å². The van der Waals surface area contributed by atoms with Crippen molar-refractivity contribution in [3.05, 3.63) is 17.8 Å². The first-order chi connectivity index (χ1) is 9.04. The number of carboxylic acid groups (broad SMARTS) is 1. The first kappa shape index (κ1) is 13.8. The molecule has 0 atom stereocenters. The van der Waals surface area contributed by atoms with E-state index in [0.29, 0.717) is 5.03 Å². The Balaban J connectivity index is 1.90. The van der Waals surface area contributed by atoms with Crippen molar-refractivity contribution >= 4 is 23.6 Å². The molecule has 1 saturated carbocycles. The van der Waals surface area contributed by atoms with E-state index in [-0.39, 0.29) is 23.4 Å². The van der Waals surface area contributed by atoms with E-state index in [4.69, 9.17) is 5.11 Å². The third kappa shape index (κ3) is 3.66. The highest BCUT2D eigenvalue weighted by Gasteiger charge is 2.44. The first-order valence-corrected chi connectivity index (χ1v) is 6.94. The summed E-state index contributed by atoms with van der Waals surface area (Å²) in [5.74, 6) is -0.291. The number of nitrogens with one attached hydrogen (secondary N) is 1. The van der Waals surface area contributed by atoms with Gasteiger partial charge in [-0.05, 0) is 30.4 Å². The minimum Gasteiger partial charge on any atom is -0.481 e. The van der Waals surface area contributed by atoms with Crippen molar-refractivity contribution in [1.82, 2.24) is 15.5 Å². The van der Waals surface area contributed by atoms with Crippen LogP contribution < -0.4 is 5.32 Å². The van der Waals surface area contributed by atoms with Crippen LogP contribution in [0.3, 0.4) is 0 Å². The molecule has 7 heteroatoms. The van der Waals surface area contributed by atoms with Gasteiger partial charge in [-0.15, -0.1) is 22.0 Å². The van der Waals surface area contributed by atoms with Gasteiger partial charge in [0.1, 0.15) is 5.03 Å². The van der Waals surface area contributed by atoms with Crippen LogP contribution in [0.1, 0.15) is 29.8 Å². The topological polar surface area (TPSA) is 92.2 Å². The Labute approximate surface area is 115 Å². The Morgan fingerprint density at radius 3 is 2.63 bits per heavy atom. The lowest BCUT2D eigenvalue weighted by Crippen LogP contribution is -2.19. The maximum absolute atomic E-state index is 11.3. The molecule has 0 aliphatic heterocycles. The van der Waals surface area contributed by atoms with E-state index in [0.717, 1.165) is 18.6 Å². The van der Waals surface area contributed by atoms with Crippen LogP contribution in [0, 0.1) is 5.41 Å². The van der Waals surface area contributed by atoms with Crippen LogP contribution in [-0.4, -0.2) is 40.0 Å². The molecule has 0 bridgehead atoms.